The number of carbonyl (C=O) groups is 1. The second kappa shape index (κ2) is 7.27. The van der Waals surface area contributed by atoms with Crippen LogP contribution >= 0.6 is 15.9 Å². The highest BCUT2D eigenvalue weighted by Crippen LogP contribution is 2.31. The van der Waals surface area contributed by atoms with E-state index in [4.69, 9.17) is 0 Å². The lowest BCUT2D eigenvalue weighted by atomic mass is 9.86. The van der Waals surface area contributed by atoms with Crippen molar-refractivity contribution in [3.8, 4) is 5.69 Å². The average molecular weight is 446 g/mol. The van der Waals surface area contributed by atoms with Crippen LogP contribution in [0.25, 0.3) is 5.69 Å². The molecule has 0 saturated heterocycles. The van der Waals surface area contributed by atoms with Gasteiger partial charge in [-0.05, 0) is 17.0 Å². The van der Waals surface area contributed by atoms with Crippen LogP contribution in [0.2, 0.25) is 0 Å². The number of benzene rings is 2. The number of ketones is 1. The van der Waals surface area contributed by atoms with Gasteiger partial charge in [0.05, 0.1) is 4.92 Å². The molecule has 1 heterocycles. The first kappa shape index (κ1) is 19.9. The van der Waals surface area contributed by atoms with Gasteiger partial charge in [-0.25, -0.2) is 9.37 Å². The maximum atomic E-state index is 14.6. The zero-order valence-electron chi connectivity index (χ0n) is 15.4. The van der Waals surface area contributed by atoms with Crippen molar-refractivity contribution in [2.45, 2.75) is 26.2 Å². The molecule has 144 valence electrons. The molecular formula is C20H17BrFN3O3. The second-order valence-electron chi connectivity index (χ2n) is 7.29. The van der Waals surface area contributed by atoms with E-state index < -0.39 is 22.2 Å². The molecule has 0 bridgehead atoms. The molecule has 2 aromatic carbocycles. The molecule has 0 atom stereocenters. The second-order valence-corrected chi connectivity index (χ2v) is 8.21. The van der Waals surface area contributed by atoms with Crippen LogP contribution in [-0.2, 0) is 5.41 Å². The van der Waals surface area contributed by atoms with Crippen molar-refractivity contribution >= 4 is 27.4 Å². The number of nitrogens with zero attached hydrogens (tertiary/aromatic N) is 3. The number of carbonyl (C=O) groups excluding carboxylic acids is 1. The summed E-state index contributed by atoms with van der Waals surface area (Å²) in [6.07, 6.45) is 2.64. The van der Waals surface area contributed by atoms with Crippen molar-refractivity contribution in [2.24, 2.45) is 0 Å². The number of nitro benzene ring substituents is 1. The van der Waals surface area contributed by atoms with Crippen LogP contribution in [-0.4, -0.2) is 20.3 Å². The third kappa shape index (κ3) is 3.73. The Morgan fingerprint density at radius 2 is 1.86 bits per heavy atom. The zero-order chi connectivity index (χ0) is 20.6. The molecule has 3 rings (SSSR count). The minimum Gasteiger partial charge on any atom is -0.288 e. The van der Waals surface area contributed by atoms with E-state index in [1.165, 1.54) is 18.5 Å². The van der Waals surface area contributed by atoms with Crippen LogP contribution in [0.4, 0.5) is 10.1 Å². The van der Waals surface area contributed by atoms with E-state index in [2.05, 4.69) is 41.7 Å². The summed E-state index contributed by atoms with van der Waals surface area (Å²) in [7, 11) is 0. The summed E-state index contributed by atoms with van der Waals surface area (Å²) in [6, 6.07) is 9.34. The Morgan fingerprint density at radius 1 is 1.21 bits per heavy atom. The standard InChI is InChI=1S/C20H17BrFN3O3/c1-20(2,3)13-6-4-12(5-7-13)18(26)19-23-8-9-24(19)17-15(22)10-14(21)11-16(17)25(27)28/h4-11H,1-3H3. The summed E-state index contributed by atoms with van der Waals surface area (Å²) in [6.45, 7) is 6.18. The van der Waals surface area contributed by atoms with E-state index in [9.17, 15) is 19.3 Å². The smallest absolute Gasteiger partial charge is 0.288 e. The van der Waals surface area contributed by atoms with Gasteiger partial charge in [0.15, 0.2) is 17.3 Å². The van der Waals surface area contributed by atoms with E-state index in [0.29, 0.717) is 5.56 Å². The van der Waals surface area contributed by atoms with Gasteiger partial charge >= 0.3 is 0 Å². The van der Waals surface area contributed by atoms with Gasteiger partial charge in [0, 0.05) is 28.5 Å². The minimum atomic E-state index is -0.837. The predicted molar refractivity (Wildman–Crippen MR) is 106 cm³/mol. The Kier molecular flexibility index (Phi) is 5.16. The number of rotatable bonds is 4. The van der Waals surface area contributed by atoms with Gasteiger partial charge in [-0.1, -0.05) is 61.0 Å². The van der Waals surface area contributed by atoms with Crippen molar-refractivity contribution in [3.05, 3.63) is 86.1 Å². The van der Waals surface area contributed by atoms with Gasteiger partial charge in [0.1, 0.15) is 0 Å². The number of nitro groups is 1. The van der Waals surface area contributed by atoms with Crippen LogP contribution in [0.3, 0.4) is 0 Å². The minimum absolute atomic E-state index is 0.0682. The number of aromatic nitrogens is 2. The van der Waals surface area contributed by atoms with E-state index in [0.717, 1.165) is 16.2 Å². The largest absolute Gasteiger partial charge is 0.297 e. The first-order valence-electron chi connectivity index (χ1n) is 8.42. The monoisotopic (exact) mass is 445 g/mol. The van der Waals surface area contributed by atoms with Gasteiger partial charge < -0.3 is 0 Å². The highest BCUT2D eigenvalue weighted by atomic mass is 79.9. The molecule has 0 amide bonds. The molecule has 1 aromatic heterocycles. The van der Waals surface area contributed by atoms with Crippen LogP contribution < -0.4 is 0 Å². The third-order valence-electron chi connectivity index (χ3n) is 4.30. The molecule has 0 aliphatic heterocycles. The average Bonchev–Trinajstić information content (AvgIpc) is 3.09. The fraction of sp³-hybridized carbons (Fsp3) is 0.200. The third-order valence-corrected chi connectivity index (χ3v) is 4.76. The molecule has 3 aromatic rings. The Labute approximate surface area is 169 Å². The van der Waals surface area contributed by atoms with Crippen molar-refractivity contribution in [2.75, 3.05) is 0 Å². The number of halogens is 2. The summed E-state index contributed by atoms with van der Waals surface area (Å²) in [5.74, 6) is -1.40. The SMILES string of the molecule is CC(C)(C)c1ccc(C(=O)c2nccn2-c2c(F)cc(Br)cc2[N+](=O)[O-])cc1. The van der Waals surface area contributed by atoms with E-state index in [1.54, 1.807) is 12.1 Å². The molecule has 0 spiro atoms. The molecule has 28 heavy (non-hydrogen) atoms. The van der Waals surface area contributed by atoms with E-state index >= 15 is 0 Å². The Hall–Kier alpha value is -2.87. The lowest BCUT2D eigenvalue weighted by Gasteiger charge is -2.19. The van der Waals surface area contributed by atoms with Crippen LogP contribution in [0, 0.1) is 15.9 Å². The molecule has 0 radical (unpaired) electrons. The lowest BCUT2D eigenvalue weighted by Crippen LogP contribution is -2.14. The molecule has 8 heteroatoms. The van der Waals surface area contributed by atoms with Crippen LogP contribution in [0.15, 0.2) is 53.3 Å². The Bertz CT molecular complexity index is 1070. The summed E-state index contributed by atoms with van der Waals surface area (Å²) >= 11 is 3.05. The van der Waals surface area contributed by atoms with Gasteiger partial charge in [0.25, 0.3) is 5.69 Å². The van der Waals surface area contributed by atoms with E-state index in [1.807, 2.05) is 12.1 Å². The quantitative estimate of drug-likeness (QED) is 0.313. The molecule has 0 aliphatic rings. The topological polar surface area (TPSA) is 78.0 Å². The van der Waals surface area contributed by atoms with E-state index in [-0.39, 0.29) is 21.4 Å². The van der Waals surface area contributed by atoms with Crippen molar-refractivity contribution in [1.29, 1.82) is 0 Å². The van der Waals surface area contributed by atoms with Gasteiger partial charge in [-0.2, -0.15) is 0 Å². The lowest BCUT2D eigenvalue weighted by molar-refractivity contribution is -0.384. The fourth-order valence-corrected chi connectivity index (χ4v) is 3.25. The Morgan fingerprint density at radius 3 is 2.43 bits per heavy atom. The predicted octanol–water partition coefficient (Wildman–Crippen LogP) is 5.21. The summed E-state index contributed by atoms with van der Waals surface area (Å²) in [4.78, 5) is 27.7. The summed E-state index contributed by atoms with van der Waals surface area (Å²) in [5.41, 5.74) is 0.547. The van der Waals surface area contributed by atoms with Crippen LogP contribution in [0.1, 0.15) is 42.5 Å². The van der Waals surface area contributed by atoms with Crippen molar-refractivity contribution in [3.63, 3.8) is 0 Å². The number of hydrogen-bond acceptors (Lipinski definition) is 4. The molecule has 0 unspecified atom stereocenters. The maximum absolute atomic E-state index is 14.6. The molecule has 0 aliphatic carbocycles. The molecule has 0 N–H and O–H groups in total. The number of imidazole rings is 1. The van der Waals surface area contributed by atoms with Gasteiger partial charge in [0.2, 0.25) is 5.78 Å². The molecule has 6 nitrogen and oxygen atoms in total. The summed E-state index contributed by atoms with van der Waals surface area (Å²) < 4.78 is 15.9. The summed E-state index contributed by atoms with van der Waals surface area (Å²) in [5, 5.41) is 11.4. The number of hydrogen-bond donors (Lipinski definition) is 0. The normalized spacial score (nSPS) is 11.5. The Balaban J connectivity index is 2.09. The van der Waals surface area contributed by atoms with Gasteiger partial charge in [-0.15, -0.1) is 0 Å². The van der Waals surface area contributed by atoms with Crippen LogP contribution in [0.5, 0.6) is 0 Å². The highest BCUT2D eigenvalue weighted by Gasteiger charge is 2.26. The first-order valence-corrected chi connectivity index (χ1v) is 9.21. The molecular weight excluding hydrogens is 429 g/mol. The fourth-order valence-electron chi connectivity index (χ4n) is 2.83. The highest BCUT2D eigenvalue weighted by molar-refractivity contribution is 9.10. The molecule has 0 saturated carbocycles. The van der Waals surface area contributed by atoms with Crippen molar-refractivity contribution < 1.29 is 14.1 Å². The molecule has 0 fully saturated rings. The first-order chi connectivity index (χ1) is 13.1. The zero-order valence-corrected chi connectivity index (χ0v) is 17.0. The van der Waals surface area contributed by atoms with Gasteiger partial charge in [-0.3, -0.25) is 19.5 Å². The maximum Gasteiger partial charge on any atom is 0.297 e. The van der Waals surface area contributed by atoms with Crippen molar-refractivity contribution in [1.82, 2.24) is 9.55 Å².